The Morgan fingerprint density at radius 1 is 1.61 bits per heavy atom. The topological polar surface area (TPSA) is 85.3 Å². The van der Waals surface area contributed by atoms with Crippen LogP contribution in [-0.4, -0.2) is 29.5 Å². The number of aryl methyl sites for hydroxylation is 1. The van der Waals surface area contributed by atoms with Crippen molar-refractivity contribution in [2.24, 2.45) is 11.1 Å². The molecule has 1 aromatic heterocycles. The molecule has 98 valence electrons. The highest BCUT2D eigenvalue weighted by molar-refractivity contribution is 5.59. The second kappa shape index (κ2) is 4.53. The monoisotopic (exact) mass is 250 g/mol. The predicted octanol–water partition coefficient (Wildman–Crippen LogP) is 1.47. The molecule has 1 aromatic rings. The van der Waals surface area contributed by atoms with Gasteiger partial charge in [-0.25, -0.2) is 4.98 Å². The summed E-state index contributed by atoms with van der Waals surface area (Å²) in [4.78, 5) is 16.9. The van der Waals surface area contributed by atoms with Gasteiger partial charge in [0.2, 0.25) is 5.82 Å². The lowest BCUT2D eigenvalue weighted by Gasteiger charge is -2.23. The lowest BCUT2D eigenvalue weighted by molar-refractivity contribution is -0.384. The van der Waals surface area contributed by atoms with E-state index in [-0.39, 0.29) is 16.0 Å². The van der Waals surface area contributed by atoms with E-state index in [0.29, 0.717) is 12.4 Å². The highest BCUT2D eigenvalue weighted by atomic mass is 16.6. The van der Waals surface area contributed by atoms with Crippen LogP contribution in [0.25, 0.3) is 0 Å². The zero-order valence-electron chi connectivity index (χ0n) is 10.7. The molecule has 18 heavy (non-hydrogen) atoms. The first-order chi connectivity index (χ1) is 8.45. The number of anilines is 1. The zero-order chi connectivity index (χ0) is 13.3. The van der Waals surface area contributed by atoms with E-state index in [2.05, 4.69) is 11.9 Å². The van der Waals surface area contributed by atoms with Crippen LogP contribution in [0.1, 0.15) is 19.0 Å². The molecule has 0 saturated carbocycles. The number of rotatable bonds is 3. The number of hydrogen-bond acceptors (Lipinski definition) is 5. The minimum Gasteiger partial charge on any atom is -0.350 e. The van der Waals surface area contributed by atoms with Crippen molar-refractivity contribution in [2.75, 3.05) is 24.5 Å². The Morgan fingerprint density at radius 2 is 2.33 bits per heavy atom. The normalized spacial score (nSPS) is 23.4. The summed E-state index contributed by atoms with van der Waals surface area (Å²) in [5, 5.41) is 11.0. The Balaban J connectivity index is 2.34. The molecular weight excluding hydrogens is 232 g/mol. The van der Waals surface area contributed by atoms with E-state index < -0.39 is 0 Å². The van der Waals surface area contributed by atoms with E-state index in [1.54, 1.807) is 6.07 Å². The average Bonchev–Trinajstić information content (AvgIpc) is 2.72. The highest BCUT2D eigenvalue weighted by Gasteiger charge is 2.35. The molecular formula is C12H18N4O2. The second-order valence-electron chi connectivity index (χ2n) is 5.24. The van der Waals surface area contributed by atoms with E-state index in [1.807, 2.05) is 11.8 Å². The van der Waals surface area contributed by atoms with Crippen LogP contribution in [0.15, 0.2) is 12.1 Å². The molecule has 0 radical (unpaired) electrons. The molecule has 2 N–H and O–H groups in total. The minimum atomic E-state index is -0.375. The van der Waals surface area contributed by atoms with Crippen LogP contribution in [-0.2, 0) is 0 Å². The third-order valence-corrected chi connectivity index (χ3v) is 3.54. The molecule has 1 atom stereocenters. The van der Waals surface area contributed by atoms with E-state index in [1.165, 1.54) is 6.07 Å². The van der Waals surface area contributed by atoms with E-state index in [0.717, 1.165) is 25.2 Å². The number of pyridine rings is 1. The van der Waals surface area contributed by atoms with Crippen molar-refractivity contribution in [2.45, 2.75) is 20.3 Å². The molecule has 0 aliphatic carbocycles. The van der Waals surface area contributed by atoms with Gasteiger partial charge in [-0.15, -0.1) is 0 Å². The lowest BCUT2D eigenvalue weighted by Crippen LogP contribution is -2.31. The van der Waals surface area contributed by atoms with Gasteiger partial charge in [-0.1, -0.05) is 6.92 Å². The number of hydrogen-bond donors (Lipinski definition) is 1. The maximum Gasteiger partial charge on any atom is 0.311 e. The van der Waals surface area contributed by atoms with Crippen LogP contribution < -0.4 is 10.6 Å². The summed E-state index contributed by atoms with van der Waals surface area (Å²) in [5.41, 5.74) is 6.64. The van der Waals surface area contributed by atoms with E-state index >= 15 is 0 Å². The van der Waals surface area contributed by atoms with Crippen molar-refractivity contribution in [1.29, 1.82) is 0 Å². The molecule has 2 heterocycles. The Morgan fingerprint density at radius 3 is 2.89 bits per heavy atom. The molecule has 0 spiro atoms. The lowest BCUT2D eigenvalue weighted by atomic mass is 9.90. The molecule has 0 aromatic carbocycles. The summed E-state index contributed by atoms with van der Waals surface area (Å²) < 4.78 is 0. The first-order valence-corrected chi connectivity index (χ1v) is 6.02. The fourth-order valence-electron chi connectivity index (χ4n) is 2.28. The van der Waals surface area contributed by atoms with Gasteiger partial charge in [0.1, 0.15) is 0 Å². The molecule has 1 aliphatic heterocycles. The van der Waals surface area contributed by atoms with Gasteiger partial charge in [0.05, 0.1) is 4.92 Å². The molecule has 0 amide bonds. The van der Waals surface area contributed by atoms with Crippen molar-refractivity contribution in [3.8, 4) is 0 Å². The maximum atomic E-state index is 11.0. The molecule has 1 saturated heterocycles. The number of aromatic nitrogens is 1. The Hall–Kier alpha value is -1.69. The smallest absolute Gasteiger partial charge is 0.311 e. The third-order valence-electron chi connectivity index (χ3n) is 3.54. The standard InChI is InChI=1S/C12H18N4O2/c1-9-3-4-10(16(17)18)11(14-9)15-6-5-12(2,7-13)8-15/h3-4H,5-8,13H2,1-2H3. The van der Waals surface area contributed by atoms with Gasteiger partial charge in [-0.2, -0.15) is 0 Å². The van der Waals surface area contributed by atoms with Gasteiger partial charge in [-0.3, -0.25) is 10.1 Å². The highest BCUT2D eigenvalue weighted by Crippen LogP contribution is 2.35. The van der Waals surface area contributed by atoms with E-state index in [9.17, 15) is 10.1 Å². The first kappa shape index (κ1) is 12.8. The number of nitrogens with two attached hydrogens (primary N) is 1. The van der Waals surface area contributed by atoms with Crippen LogP contribution >= 0.6 is 0 Å². The van der Waals surface area contributed by atoms with Gasteiger partial charge in [0.15, 0.2) is 0 Å². The van der Waals surface area contributed by atoms with Crippen LogP contribution in [0.5, 0.6) is 0 Å². The maximum absolute atomic E-state index is 11.0. The largest absolute Gasteiger partial charge is 0.350 e. The molecule has 1 fully saturated rings. The quantitative estimate of drug-likeness (QED) is 0.648. The Bertz CT molecular complexity index is 477. The van der Waals surface area contributed by atoms with Gasteiger partial charge >= 0.3 is 5.69 Å². The van der Waals surface area contributed by atoms with Crippen molar-refractivity contribution >= 4 is 11.5 Å². The third kappa shape index (κ3) is 2.28. The fourth-order valence-corrected chi connectivity index (χ4v) is 2.28. The van der Waals surface area contributed by atoms with Crippen LogP contribution in [0.2, 0.25) is 0 Å². The number of nitro groups is 1. The van der Waals surface area contributed by atoms with E-state index in [4.69, 9.17) is 5.73 Å². The van der Waals surface area contributed by atoms with Crippen LogP contribution in [0.3, 0.4) is 0 Å². The van der Waals surface area contributed by atoms with Crippen molar-refractivity contribution in [1.82, 2.24) is 4.98 Å². The summed E-state index contributed by atoms with van der Waals surface area (Å²) in [7, 11) is 0. The average molecular weight is 250 g/mol. The fraction of sp³-hybridized carbons (Fsp3) is 0.583. The van der Waals surface area contributed by atoms with Gasteiger partial charge in [0.25, 0.3) is 0 Å². The Kier molecular flexibility index (Phi) is 3.21. The van der Waals surface area contributed by atoms with Crippen molar-refractivity contribution in [3.05, 3.63) is 27.9 Å². The predicted molar refractivity (Wildman–Crippen MR) is 69.6 cm³/mol. The zero-order valence-corrected chi connectivity index (χ0v) is 10.7. The molecule has 1 aliphatic rings. The molecule has 0 bridgehead atoms. The number of nitrogens with zero attached hydrogens (tertiary/aromatic N) is 3. The minimum absolute atomic E-state index is 0.0271. The molecule has 2 rings (SSSR count). The van der Waals surface area contributed by atoms with Gasteiger partial charge in [-0.05, 0) is 31.4 Å². The summed E-state index contributed by atoms with van der Waals surface area (Å²) >= 11 is 0. The second-order valence-corrected chi connectivity index (χ2v) is 5.24. The summed E-state index contributed by atoms with van der Waals surface area (Å²) in [6.45, 7) is 6.02. The Labute approximate surface area is 106 Å². The summed E-state index contributed by atoms with van der Waals surface area (Å²) in [6.07, 6.45) is 0.941. The summed E-state index contributed by atoms with van der Waals surface area (Å²) in [6, 6.07) is 3.19. The first-order valence-electron chi connectivity index (χ1n) is 6.02. The molecule has 6 heteroatoms. The molecule has 1 unspecified atom stereocenters. The van der Waals surface area contributed by atoms with Crippen LogP contribution in [0.4, 0.5) is 11.5 Å². The SMILES string of the molecule is Cc1ccc([N+](=O)[O-])c(N2CCC(C)(CN)C2)n1. The van der Waals surface area contributed by atoms with Gasteiger partial charge < -0.3 is 10.6 Å². The summed E-state index contributed by atoms with van der Waals surface area (Å²) in [5.74, 6) is 0.470. The molecule has 6 nitrogen and oxygen atoms in total. The van der Waals surface area contributed by atoms with Gasteiger partial charge in [0, 0.05) is 24.8 Å². The van der Waals surface area contributed by atoms with Crippen LogP contribution in [0, 0.1) is 22.5 Å². The van der Waals surface area contributed by atoms with Crippen molar-refractivity contribution in [3.63, 3.8) is 0 Å². The van der Waals surface area contributed by atoms with Crippen molar-refractivity contribution < 1.29 is 4.92 Å².